The van der Waals surface area contributed by atoms with Crippen LogP contribution < -0.4 is 11.1 Å². The van der Waals surface area contributed by atoms with Crippen molar-refractivity contribution in [1.82, 2.24) is 20.0 Å². The lowest BCUT2D eigenvalue weighted by molar-refractivity contribution is -0.127. The fraction of sp³-hybridized carbons (Fsp3) is 0.583. The Morgan fingerprint density at radius 3 is 2.89 bits per heavy atom. The number of nitrogen functional groups attached to an aromatic ring is 1. The summed E-state index contributed by atoms with van der Waals surface area (Å²) in [5.74, 6) is -0.113. The number of aromatic nitrogens is 2. The van der Waals surface area contributed by atoms with Gasteiger partial charge in [0, 0.05) is 32.6 Å². The summed E-state index contributed by atoms with van der Waals surface area (Å²) in [6, 6.07) is -0.121. The molecule has 7 nitrogen and oxygen atoms in total. The monoisotopic (exact) mass is 265 g/mol. The van der Waals surface area contributed by atoms with Crippen LogP contribution in [0.2, 0.25) is 0 Å². The first-order valence-electron chi connectivity index (χ1n) is 6.35. The van der Waals surface area contributed by atoms with Crippen LogP contribution in [-0.2, 0) is 11.8 Å². The van der Waals surface area contributed by atoms with Gasteiger partial charge < -0.3 is 16.0 Å². The lowest BCUT2D eigenvalue weighted by Gasteiger charge is -2.21. The molecule has 1 aromatic heterocycles. The van der Waals surface area contributed by atoms with E-state index in [9.17, 15) is 9.59 Å². The van der Waals surface area contributed by atoms with Crippen molar-refractivity contribution in [2.24, 2.45) is 7.05 Å². The van der Waals surface area contributed by atoms with Gasteiger partial charge in [-0.15, -0.1) is 0 Å². The van der Waals surface area contributed by atoms with Crippen LogP contribution in [0.4, 0.5) is 5.69 Å². The van der Waals surface area contributed by atoms with Crippen molar-refractivity contribution in [1.29, 1.82) is 0 Å². The van der Waals surface area contributed by atoms with Gasteiger partial charge in [-0.3, -0.25) is 14.3 Å². The van der Waals surface area contributed by atoms with E-state index in [1.165, 1.54) is 10.9 Å². The molecule has 19 heavy (non-hydrogen) atoms. The number of anilines is 1. The number of hydrogen-bond donors (Lipinski definition) is 2. The van der Waals surface area contributed by atoms with Gasteiger partial charge in [-0.2, -0.15) is 5.10 Å². The molecule has 1 saturated heterocycles. The maximum absolute atomic E-state index is 12.1. The smallest absolute Gasteiger partial charge is 0.271 e. The molecule has 0 saturated carbocycles. The topological polar surface area (TPSA) is 93.2 Å². The molecule has 0 radical (unpaired) electrons. The second-order valence-electron chi connectivity index (χ2n) is 4.89. The molecule has 7 heteroatoms. The molecule has 1 aliphatic heterocycles. The van der Waals surface area contributed by atoms with Crippen molar-refractivity contribution in [3.05, 3.63) is 11.9 Å². The quantitative estimate of drug-likeness (QED) is 0.784. The summed E-state index contributed by atoms with van der Waals surface area (Å²) < 4.78 is 1.44. The summed E-state index contributed by atoms with van der Waals surface area (Å²) in [6.45, 7) is 3.17. The highest BCUT2D eigenvalue weighted by atomic mass is 16.2. The third-order valence-electron chi connectivity index (χ3n) is 3.23. The number of nitrogens with one attached hydrogen (secondary N) is 1. The first-order valence-corrected chi connectivity index (χ1v) is 6.35. The van der Waals surface area contributed by atoms with E-state index in [4.69, 9.17) is 5.73 Å². The Morgan fingerprint density at radius 2 is 2.37 bits per heavy atom. The zero-order chi connectivity index (χ0) is 14.0. The maximum atomic E-state index is 12.1. The first kappa shape index (κ1) is 13.4. The number of likely N-dealkylation sites (tertiary alicyclic amines) is 1. The Kier molecular flexibility index (Phi) is 3.73. The Bertz CT molecular complexity index is 477. The van der Waals surface area contributed by atoms with Gasteiger partial charge in [0.1, 0.15) is 5.69 Å². The number of nitrogens with two attached hydrogens (primary N) is 1. The van der Waals surface area contributed by atoms with Crippen LogP contribution in [0.15, 0.2) is 6.20 Å². The van der Waals surface area contributed by atoms with Gasteiger partial charge in [-0.25, -0.2) is 0 Å². The number of aryl methyl sites for hydroxylation is 1. The van der Waals surface area contributed by atoms with Crippen molar-refractivity contribution in [2.45, 2.75) is 25.8 Å². The lowest BCUT2D eigenvalue weighted by Crippen LogP contribution is -2.43. The third kappa shape index (κ3) is 2.86. The molecule has 104 valence electrons. The number of nitrogens with zero attached hydrogens (tertiary/aromatic N) is 3. The van der Waals surface area contributed by atoms with Crippen molar-refractivity contribution in [3.8, 4) is 0 Å². The van der Waals surface area contributed by atoms with Gasteiger partial charge in [0.05, 0.1) is 11.9 Å². The van der Waals surface area contributed by atoms with E-state index in [-0.39, 0.29) is 17.9 Å². The van der Waals surface area contributed by atoms with Gasteiger partial charge in [0.25, 0.3) is 5.91 Å². The zero-order valence-corrected chi connectivity index (χ0v) is 11.2. The largest absolute Gasteiger partial charge is 0.396 e. The van der Waals surface area contributed by atoms with Crippen LogP contribution in [0.3, 0.4) is 0 Å². The minimum absolute atomic E-state index is 0.121. The van der Waals surface area contributed by atoms with Crippen molar-refractivity contribution in [3.63, 3.8) is 0 Å². The molecule has 1 fully saturated rings. The van der Waals surface area contributed by atoms with Crippen molar-refractivity contribution < 1.29 is 9.59 Å². The van der Waals surface area contributed by atoms with Crippen LogP contribution >= 0.6 is 0 Å². The Labute approximate surface area is 111 Å². The second-order valence-corrected chi connectivity index (χ2v) is 4.89. The molecule has 2 heterocycles. The van der Waals surface area contributed by atoms with Crippen LogP contribution in [0.25, 0.3) is 0 Å². The third-order valence-corrected chi connectivity index (χ3v) is 3.23. The predicted molar refractivity (Wildman–Crippen MR) is 70.4 cm³/mol. The number of hydrogen-bond acceptors (Lipinski definition) is 4. The predicted octanol–water partition coefficient (Wildman–Crippen LogP) is -0.257. The Morgan fingerprint density at radius 1 is 1.63 bits per heavy atom. The van der Waals surface area contributed by atoms with Crippen LogP contribution in [0, 0.1) is 0 Å². The molecule has 1 atom stereocenters. The highest BCUT2D eigenvalue weighted by Crippen LogP contribution is 2.11. The molecule has 2 rings (SSSR count). The lowest BCUT2D eigenvalue weighted by atomic mass is 10.2. The van der Waals surface area contributed by atoms with Gasteiger partial charge >= 0.3 is 0 Å². The number of rotatable bonds is 4. The van der Waals surface area contributed by atoms with Crippen molar-refractivity contribution in [2.75, 3.05) is 18.8 Å². The molecule has 2 amide bonds. The fourth-order valence-corrected chi connectivity index (χ4v) is 2.30. The summed E-state index contributed by atoms with van der Waals surface area (Å²) >= 11 is 0. The molecular formula is C12H19N5O2. The second kappa shape index (κ2) is 5.29. The normalized spacial score (nSPS) is 16.7. The number of carbonyl (C=O) groups excluding carboxylic acids is 2. The van der Waals surface area contributed by atoms with E-state index in [0.717, 1.165) is 13.0 Å². The van der Waals surface area contributed by atoms with Gasteiger partial charge in [0.15, 0.2) is 0 Å². The van der Waals surface area contributed by atoms with E-state index in [2.05, 4.69) is 10.4 Å². The Balaban J connectivity index is 1.93. The molecular weight excluding hydrogens is 246 g/mol. The highest BCUT2D eigenvalue weighted by Gasteiger charge is 2.23. The minimum Gasteiger partial charge on any atom is -0.396 e. The summed E-state index contributed by atoms with van der Waals surface area (Å²) in [7, 11) is 1.67. The molecule has 0 aromatic carbocycles. The van der Waals surface area contributed by atoms with E-state index >= 15 is 0 Å². The molecule has 0 aliphatic carbocycles. The Hall–Kier alpha value is -2.05. The number of amides is 2. The van der Waals surface area contributed by atoms with E-state index in [0.29, 0.717) is 24.3 Å². The zero-order valence-electron chi connectivity index (χ0n) is 11.2. The van der Waals surface area contributed by atoms with E-state index in [1.54, 1.807) is 11.9 Å². The number of carbonyl (C=O) groups is 2. The van der Waals surface area contributed by atoms with E-state index in [1.807, 2.05) is 6.92 Å². The summed E-state index contributed by atoms with van der Waals surface area (Å²) in [5.41, 5.74) is 6.39. The highest BCUT2D eigenvalue weighted by molar-refractivity contribution is 5.97. The minimum atomic E-state index is -0.267. The standard InChI is InChI=1S/C12H19N5O2/c1-8(7-17-5-3-4-10(17)18)15-12(19)11-9(13)6-14-16(11)2/h6,8H,3-5,7,13H2,1-2H3,(H,15,19). The molecule has 0 spiro atoms. The first-order chi connectivity index (χ1) is 8.99. The molecule has 3 N–H and O–H groups in total. The van der Waals surface area contributed by atoms with Gasteiger partial charge in [-0.1, -0.05) is 0 Å². The summed E-state index contributed by atoms with van der Waals surface area (Å²) in [4.78, 5) is 25.3. The van der Waals surface area contributed by atoms with Crippen molar-refractivity contribution >= 4 is 17.5 Å². The van der Waals surface area contributed by atoms with Crippen LogP contribution in [-0.4, -0.2) is 45.6 Å². The molecule has 1 aromatic rings. The fourth-order valence-electron chi connectivity index (χ4n) is 2.30. The SMILES string of the molecule is CC(CN1CCCC1=O)NC(=O)c1c(N)cnn1C. The summed E-state index contributed by atoms with van der Waals surface area (Å²) in [6.07, 6.45) is 2.95. The molecule has 0 bridgehead atoms. The molecule has 1 unspecified atom stereocenters. The van der Waals surface area contributed by atoms with Crippen LogP contribution in [0.1, 0.15) is 30.3 Å². The average Bonchev–Trinajstić information content (AvgIpc) is 2.86. The summed E-state index contributed by atoms with van der Waals surface area (Å²) in [5, 5.41) is 6.76. The van der Waals surface area contributed by atoms with Gasteiger partial charge in [0.2, 0.25) is 5.91 Å². The van der Waals surface area contributed by atoms with E-state index < -0.39 is 0 Å². The molecule has 1 aliphatic rings. The van der Waals surface area contributed by atoms with Gasteiger partial charge in [-0.05, 0) is 13.3 Å². The maximum Gasteiger partial charge on any atom is 0.271 e. The average molecular weight is 265 g/mol. The van der Waals surface area contributed by atoms with Crippen LogP contribution in [0.5, 0.6) is 0 Å².